The number of nitrogens with one attached hydrogen (secondary N) is 1. The van der Waals surface area contributed by atoms with E-state index >= 15 is 0 Å². The Morgan fingerprint density at radius 2 is 1.72 bits per heavy atom. The number of nitrogens with zero attached hydrogens (tertiary/aromatic N) is 1. The summed E-state index contributed by atoms with van der Waals surface area (Å²) in [7, 11) is -3.67. The van der Waals surface area contributed by atoms with Gasteiger partial charge in [0.1, 0.15) is 5.75 Å². The van der Waals surface area contributed by atoms with Crippen LogP contribution in [-0.4, -0.2) is 20.7 Å². The minimum atomic E-state index is -3.67. The van der Waals surface area contributed by atoms with Crippen LogP contribution in [0.5, 0.6) is 5.75 Å². The van der Waals surface area contributed by atoms with E-state index in [2.05, 4.69) is 16.9 Å². The molecule has 0 fully saturated rings. The van der Waals surface area contributed by atoms with E-state index in [0.717, 1.165) is 29.7 Å². The van der Waals surface area contributed by atoms with Crippen LogP contribution in [0, 0.1) is 6.92 Å². The van der Waals surface area contributed by atoms with Gasteiger partial charge in [-0.15, -0.1) is 0 Å². The fraction of sp³-hybridized carbons (Fsp3) is 0.316. The van der Waals surface area contributed by atoms with Crippen LogP contribution in [0.3, 0.4) is 0 Å². The summed E-state index contributed by atoms with van der Waals surface area (Å²) >= 11 is 0. The average Bonchev–Trinajstić information content (AvgIpc) is 2.61. The molecule has 0 bridgehead atoms. The Hall–Kier alpha value is -2.34. The predicted molar refractivity (Wildman–Crippen MR) is 101 cm³/mol. The number of hydrogen-bond acceptors (Lipinski definition) is 4. The van der Waals surface area contributed by atoms with Crippen LogP contribution < -0.4 is 9.57 Å². The molecule has 2 aromatic rings. The maximum Gasteiger partial charge on any atom is 0.276 e. The van der Waals surface area contributed by atoms with Gasteiger partial charge in [0.2, 0.25) is 0 Å². The highest BCUT2D eigenvalue weighted by Crippen LogP contribution is 2.14. The van der Waals surface area contributed by atoms with Gasteiger partial charge in [0.25, 0.3) is 10.0 Å². The van der Waals surface area contributed by atoms with Crippen molar-refractivity contribution >= 4 is 15.7 Å². The van der Waals surface area contributed by atoms with Gasteiger partial charge in [-0.25, -0.2) is 0 Å². The van der Waals surface area contributed by atoms with Gasteiger partial charge < -0.3 is 4.74 Å². The number of ether oxygens (including phenoxy) is 1. The van der Waals surface area contributed by atoms with Crippen LogP contribution in [-0.2, 0) is 10.0 Å². The third-order valence-corrected chi connectivity index (χ3v) is 4.93. The first kappa shape index (κ1) is 19.0. The summed E-state index contributed by atoms with van der Waals surface area (Å²) in [6.07, 6.45) is 2.11. The van der Waals surface area contributed by atoms with Crippen molar-refractivity contribution in [2.24, 2.45) is 5.10 Å². The fourth-order valence-corrected chi connectivity index (χ4v) is 2.95. The molecule has 1 N–H and O–H groups in total. The van der Waals surface area contributed by atoms with Gasteiger partial charge in [0.05, 0.1) is 17.2 Å². The molecule has 134 valence electrons. The van der Waals surface area contributed by atoms with Gasteiger partial charge in [-0.1, -0.05) is 31.0 Å². The second kappa shape index (κ2) is 8.67. The highest BCUT2D eigenvalue weighted by atomic mass is 32.2. The van der Waals surface area contributed by atoms with Crippen LogP contribution >= 0.6 is 0 Å². The van der Waals surface area contributed by atoms with Crippen molar-refractivity contribution in [3.8, 4) is 5.75 Å². The molecular formula is C19H24N2O3S. The van der Waals surface area contributed by atoms with E-state index in [4.69, 9.17) is 4.74 Å². The number of sulfonamides is 1. The van der Waals surface area contributed by atoms with Gasteiger partial charge in [-0.05, 0) is 62.2 Å². The number of benzene rings is 2. The number of aryl methyl sites for hydroxylation is 1. The molecule has 25 heavy (non-hydrogen) atoms. The minimum Gasteiger partial charge on any atom is -0.494 e. The molecule has 0 atom stereocenters. The zero-order valence-electron chi connectivity index (χ0n) is 14.8. The molecule has 0 unspecified atom stereocenters. The molecule has 0 heterocycles. The lowest BCUT2D eigenvalue weighted by Gasteiger charge is -2.08. The van der Waals surface area contributed by atoms with E-state index in [0.29, 0.717) is 12.3 Å². The van der Waals surface area contributed by atoms with Gasteiger partial charge in [-0.2, -0.15) is 18.4 Å². The summed E-state index contributed by atoms with van der Waals surface area (Å²) in [4.78, 5) is 2.47. The monoisotopic (exact) mass is 360 g/mol. The summed E-state index contributed by atoms with van der Waals surface area (Å²) in [6.45, 7) is 6.47. The second-order valence-corrected chi connectivity index (χ2v) is 7.49. The lowest BCUT2D eigenvalue weighted by Crippen LogP contribution is -2.19. The molecule has 0 saturated heterocycles. The molecule has 0 saturated carbocycles. The largest absolute Gasteiger partial charge is 0.494 e. The van der Waals surface area contributed by atoms with Gasteiger partial charge in [0.15, 0.2) is 0 Å². The Kier molecular flexibility index (Phi) is 6.58. The topological polar surface area (TPSA) is 67.8 Å². The lowest BCUT2D eigenvalue weighted by atomic mass is 10.1. The van der Waals surface area contributed by atoms with Crippen molar-refractivity contribution in [2.45, 2.75) is 38.5 Å². The fourth-order valence-electron chi connectivity index (χ4n) is 2.09. The normalized spacial score (nSPS) is 12.0. The first-order valence-electron chi connectivity index (χ1n) is 8.28. The van der Waals surface area contributed by atoms with Gasteiger partial charge in [0, 0.05) is 0 Å². The van der Waals surface area contributed by atoms with Crippen molar-refractivity contribution in [2.75, 3.05) is 6.61 Å². The van der Waals surface area contributed by atoms with Crippen LogP contribution in [0.1, 0.15) is 37.8 Å². The Morgan fingerprint density at radius 3 is 2.32 bits per heavy atom. The van der Waals surface area contributed by atoms with Crippen LogP contribution in [0.2, 0.25) is 0 Å². The molecular weight excluding hydrogens is 336 g/mol. The Balaban J connectivity index is 2.04. The molecule has 5 nitrogen and oxygen atoms in total. The zero-order valence-corrected chi connectivity index (χ0v) is 15.6. The maximum absolute atomic E-state index is 12.2. The molecule has 0 spiro atoms. The summed E-state index contributed by atoms with van der Waals surface area (Å²) in [5, 5.41) is 4.01. The highest BCUT2D eigenvalue weighted by Gasteiger charge is 2.12. The van der Waals surface area contributed by atoms with E-state index in [-0.39, 0.29) is 4.90 Å². The summed E-state index contributed by atoms with van der Waals surface area (Å²) < 4.78 is 30.1. The van der Waals surface area contributed by atoms with Crippen molar-refractivity contribution in [1.29, 1.82) is 0 Å². The minimum absolute atomic E-state index is 0.189. The molecule has 0 radical (unpaired) electrons. The smallest absolute Gasteiger partial charge is 0.276 e. The molecule has 0 aliphatic carbocycles. The molecule has 2 aromatic carbocycles. The Morgan fingerprint density at radius 1 is 1.08 bits per heavy atom. The second-order valence-electron chi connectivity index (χ2n) is 5.83. The SMILES string of the molecule is CCCCOc1ccc(/C(C)=N\NS(=O)(=O)c2ccc(C)cc2)cc1. The van der Waals surface area contributed by atoms with E-state index < -0.39 is 10.0 Å². The summed E-state index contributed by atoms with van der Waals surface area (Å²) in [5.41, 5.74) is 2.41. The summed E-state index contributed by atoms with van der Waals surface area (Å²) in [6, 6.07) is 14.1. The van der Waals surface area contributed by atoms with Gasteiger partial charge in [-0.3, -0.25) is 0 Å². The number of hydrogen-bond donors (Lipinski definition) is 1. The van der Waals surface area contributed by atoms with E-state index in [1.807, 2.05) is 31.2 Å². The lowest BCUT2D eigenvalue weighted by molar-refractivity contribution is 0.309. The molecule has 6 heteroatoms. The third-order valence-electron chi connectivity index (χ3n) is 3.70. The van der Waals surface area contributed by atoms with Crippen molar-refractivity contribution in [3.05, 3.63) is 59.7 Å². The van der Waals surface area contributed by atoms with Crippen LogP contribution in [0.25, 0.3) is 0 Å². The average molecular weight is 360 g/mol. The standard InChI is InChI=1S/C19H24N2O3S/c1-4-5-14-24-18-10-8-17(9-11-18)16(3)20-21-25(22,23)19-12-6-15(2)7-13-19/h6-13,21H,4-5,14H2,1-3H3/b20-16-. The van der Waals surface area contributed by atoms with Crippen LogP contribution in [0.15, 0.2) is 58.5 Å². The number of hydrazone groups is 1. The number of rotatable bonds is 8. The zero-order chi connectivity index (χ0) is 18.3. The van der Waals surface area contributed by atoms with Crippen molar-refractivity contribution in [1.82, 2.24) is 4.83 Å². The van der Waals surface area contributed by atoms with Gasteiger partial charge >= 0.3 is 0 Å². The summed E-state index contributed by atoms with van der Waals surface area (Å²) in [5.74, 6) is 0.797. The third kappa shape index (κ3) is 5.60. The molecule has 0 aliphatic heterocycles. The van der Waals surface area contributed by atoms with E-state index in [9.17, 15) is 8.42 Å². The predicted octanol–water partition coefficient (Wildman–Crippen LogP) is 3.88. The Labute approximate surface area is 149 Å². The van der Waals surface area contributed by atoms with Crippen molar-refractivity contribution < 1.29 is 13.2 Å². The maximum atomic E-state index is 12.2. The van der Waals surface area contributed by atoms with E-state index in [1.54, 1.807) is 31.2 Å². The molecule has 2 rings (SSSR count). The number of unbranched alkanes of at least 4 members (excludes halogenated alkanes) is 1. The molecule has 0 amide bonds. The highest BCUT2D eigenvalue weighted by molar-refractivity contribution is 7.89. The first-order chi connectivity index (χ1) is 11.9. The molecule has 0 aromatic heterocycles. The molecule has 0 aliphatic rings. The first-order valence-corrected chi connectivity index (χ1v) is 9.76. The van der Waals surface area contributed by atoms with Crippen molar-refractivity contribution in [3.63, 3.8) is 0 Å². The quantitative estimate of drug-likeness (QED) is 0.441. The van der Waals surface area contributed by atoms with E-state index in [1.165, 1.54) is 0 Å². The van der Waals surface area contributed by atoms with Crippen LogP contribution in [0.4, 0.5) is 0 Å². The Bertz CT molecular complexity index is 811.